The number of benzene rings is 1. The van der Waals surface area contributed by atoms with Gasteiger partial charge < -0.3 is 15.3 Å². The van der Waals surface area contributed by atoms with Crippen LogP contribution in [-0.2, 0) is 4.79 Å². The number of anilines is 1. The number of fused-ring (bicyclic) bond motifs is 1. The zero-order valence-electron chi connectivity index (χ0n) is 23.7. The first-order chi connectivity index (χ1) is 18.8. The van der Waals surface area contributed by atoms with Gasteiger partial charge in [0.1, 0.15) is 11.6 Å². The number of phenols is 1. The average Bonchev–Trinajstić information content (AvgIpc) is 3.74. The highest BCUT2D eigenvalue weighted by Gasteiger charge is 2.35. The molecule has 2 N–H and O–H groups in total. The molecule has 2 aromatic heterocycles. The molecule has 1 unspecified atom stereocenters. The number of amides is 1. The van der Waals surface area contributed by atoms with Gasteiger partial charge in [-0.25, -0.2) is 4.98 Å². The minimum Gasteiger partial charge on any atom is -0.507 e. The summed E-state index contributed by atoms with van der Waals surface area (Å²) in [5.74, 6) is 2.02. The van der Waals surface area contributed by atoms with Gasteiger partial charge in [-0.05, 0) is 86.9 Å². The van der Waals surface area contributed by atoms with E-state index >= 15 is 0 Å². The number of hydrogen-bond acceptors (Lipinski definition) is 5. The van der Waals surface area contributed by atoms with Crippen molar-refractivity contribution in [2.45, 2.75) is 59.8 Å². The molecular weight excluding hydrogens is 554 g/mol. The molecule has 1 aliphatic carbocycles. The summed E-state index contributed by atoms with van der Waals surface area (Å²) in [5, 5.41) is 18.2. The van der Waals surface area contributed by atoms with Crippen LogP contribution in [0.5, 0.6) is 5.75 Å². The van der Waals surface area contributed by atoms with Gasteiger partial charge in [0.2, 0.25) is 5.91 Å². The Labute approximate surface area is 241 Å². The predicted molar refractivity (Wildman–Crippen MR) is 164 cm³/mol. The zero-order chi connectivity index (χ0) is 28.4. The van der Waals surface area contributed by atoms with Gasteiger partial charge >= 0.3 is 0 Å². The fourth-order valence-corrected chi connectivity index (χ4v) is 4.71. The van der Waals surface area contributed by atoms with Gasteiger partial charge in [-0.2, -0.15) is 9.61 Å². The van der Waals surface area contributed by atoms with E-state index < -0.39 is 0 Å². The van der Waals surface area contributed by atoms with Crippen LogP contribution >= 0.6 is 15.9 Å². The molecule has 1 aromatic carbocycles. The summed E-state index contributed by atoms with van der Waals surface area (Å²) in [7, 11) is 0. The lowest BCUT2D eigenvalue weighted by atomic mass is 9.97. The number of nitrogens with one attached hydrogen (secondary N) is 1. The van der Waals surface area contributed by atoms with Gasteiger partial charge in [-0.15, -0.1) is 6.58 Å². The first kappa shape index (κ1) is 30.4. The Morgan fingerprint density at radius 1 is 1.26 bits per heavy atom. The number of carbonyl (C=O) groups is 1. The lowest BCUT2D eigenvalue weighted by Crippen LogP contribution is -2.42. The lowest BCUT2D eigenvalue weighted by Gasteiger charge is -2.33. The SMILES string of the molecule is C/C=C(/C)CC.C=CC.O=C(C1CC1)N1CCCC(CNc2cc(-c3ccccc3O)nc3c(Br)cnn23)C1. The van der Waals surface area contributed by atoms with Crippen molar-refractivity contribution >= 4 is 33.3 Å². The maximum Gasteiger partial charge on any atom is 0.225 e. The predicted octanol–water partition coefficient (Wildman–Crippen LogP) is 7.48. The molecule has 1 aliphatic heterocycles. The molecule has 1 atom stereocenters. The van der Waals surface area contributed by atoms with Gasteiger partial charge in [0.25, 0.3) is 0 Å². The van der Waals surface area contributed by atoms with Gasteiger partial charge in [-0.1, -0.05) is 36.8 Å². The highest BCUT2D eigenvalue weighted by molar-refractivity contribution is 9.10. The number of likely N-dealkylation sites (tertiary alicyclic amines) is 1. The molecule has 3 aromatic rings. The van der Waals surface area contributed by atoms with Crippen LogP contribution in [0.15, 0.2) is 65.3 Å². The lowest BCUT2D eigenvalue weighted by molar-refractivity contribution is -0.134. The zero-order valence-corrected chi connectivity index (χ0v) is 25.2. The van der Waals surface area contributed by atoms with E-state index in [0.717, 1.165) is 55.6 Å². The normalized spacial score (nSPS) is 17.0. The molecule has 210 valence electrons. The summed E-state index contributed by atoms with van der Waals surface area (Å²) in [4.78, 5) is 19.2. The summed E-state index contributed by atoms with van der Waals surface area (Å²) < 4.78 is 2.56. The molecule has 5 rings (SSSR count). The third kappa shape index (κ3) is 8.43. The first-order valence-electron chi connectivity index (χ1n) is 13.9. The Morgan fingerprint density at radius 2 is 1.97 bits per heavy atom. The van der Waals surface area contributed by atoms with Gasteiger partial charge in [-0.3, -0.25) is 4.79 Å². The molecule has 39 heavy (non-hydrogen) atoms. The molecule has 1 saturated heterocycles. The number of piperidine rings is 1. The Hall–Kier alpha value is -3.13. The van der Waals surface area contributed by atoms with E-state index in [4.69, 9.17) is 0 Å². The summed E-state index contributed by atoms with van der Waals surface area (Å²) in [6.07, 6.45) is 11.1. The number of aromatic hydroxyl groups is 1. The number of phenolic OH excluding ortho intramolecular Hbond substituents is 1. The molecule has 8 heteroatoms. The second kappa shape index (κ2) is 14.9. The van der Waals surface area contributed by atoms with E-state index in [1.54, 1.807) is 28.9 Å². The van der Waals surface area contributed by atoms with E-state index in [2.05, 4.69) is 64.8 Å². The largest absolute Gasteiger partial charge is 0.507 e. The smallest absolute Gasteiger partial charge is 0.225 e. The Bertz CT molecular complexity index is 1280. The highest BCUT2D eigenvalue weighted by atomic mass is 79.9. The van der Waals surface area contributed by atoms with Gasteiger partial charge in [0.15, 0.2) is 5.65 Å². The van der Waals surface area contributed by atoms with Crippen molar-refractivity contribution in [3.05, 3.63) is 65.3 Å². The molecule has 0 bridgehead atoms. The van der Waals surface area contributed by atoms with Crippen molar-refractivity contribution in [1.29, 1.82) is 0 Å². The molecule has 2 aliphatic rings. The highest BCUT2D eigenvalue weighted by Crippen LogP contribution is 2.33. The number of hydrogen-bond donors (Lipinski definition) is 2. The van der Waals surface area contributed by atoms with Crippen molar-refractivity contribution in [2.24, 2.45) is 11.8 Å². The van der Waals surface area contributed by atoms with Crippen molar-refractivity contribution in [3.63, 3.8) is 0 Å². The van der Waals surface area contributed by atoms with E-state index in [1.807, 2.05) is 30.0 Å². The second-order valence-corrected chi connectivity index (χ2v) is 11.0. The van der Waals surface area contributed by atoms with E-state index in [0.29, 0.717) is 28.7 Å². The number of halogens is 1. The summed E-state index contributed by atoms with van der Waals surface area (Å²) >= 11 is 3.52. The van der Waals surface area contributed by atoms with Crippen LogP contribution in [0.3, 0.4) is 0 Å². The molecular formula is C31H42BrN5O2. The summed E-state index contributed by atoms with van der Waals surface area (Å²) in [6.45, 7) is 14.1. The van der Waals surface area contributed by atoms with E-state index in [1.165, 1.54) is 12.0 Å². The monoisotopic (exact) mass is 595 g/mol. The quantitative estimate of drug-likeness (QED) is 0.289. The molecule has 7 nitrogen and oxygen atoms in total. The van der Waals surface area contributed by atoms with Crippen LogP contribution in [0.1, 0.15) is 59.8 Å². The van der Waals surface area contributed by atoms with Crippen molar-refractivity contribution in [3.8, 4) is 17.0 Å². The van der Waals surface area contributed by atoms with Crippen LogP contribution in [-0.4, -0.2) is 50.1 Å². The van der Waals surface area contributed by atoms with E-state index in [9.17, 15) is 9.90 Å². The number of rotatable bonds is 6. The number of aromatic nitrogens is 3. The van der Waals surface area contributed by atoms with Gasteiger partial charge in [0.05, 0.1) is 16.4 Å². The fourth-order valence-electron chi connectivity index (χ4n) is 4.36. The molecule has 2 fully saturated rings. The third-order valence-electron chi connectivity index (χ3n) is 6.99. The molecule has 1 saturated carbocycles. The van der Waals surface area contributed by atoms with Crippen molar-refractivity contribution in [1.82, 2.24) is 19.5 Å². The molecule has 0 radical (unpaired) electrons. The second-order valence-electron chi connectivity index (χ2n) is 10.1. The number of nitrogens with zero attached hydrogens (tertiary/aromatic N) is 4. The van der Waals surface area contributed by atoms with Crippen LogP contribution in [0.25, 0.3) is 16.9 Å². The number of carbonyl (C=O) groups excluding carboxylic acids is 1. The standard InChI is InChI=1S/C22H24BrN5O2.C6H12.C3H6/c23-17-12-25-28-20(10-18(26-21(17)28)16-5-1-2-6-19(16)29)24-11-14-4-3-9-27(13-14)22(30)15-7-8-15;1-4-6(3)5-2;1-3-2/h1-2,5-6,10,12,14-15,24,29H,3-4,7-9,11,13H2;4H,5H2,1-3H3;3H,1H2,2H3/b;6-4-;. The van der Waals surface area contributed by atoms with E-state index in [-0.39, 0.29) is 11.7 Å². The molecule has 3 heterocycles. The van der Waals surface area contributed by atoms with Crippen molar-refractivity contribution in [2.75, 3.05) is 25.0 Å². The van der Waals surface area contributed by atoms with Gasteiger partial charge in [0, 0.05) is 37.2 Å². The maximum absolute atomic E-state index is 12.4. The average molecular weight is 597 g/mol. The Kier molecular flexibility index (Phi) is 11.6. The Balaban J connectivity index is 0.000000408. The minimum absolute atomic E-state index is 0.192. The van der Waals surface area contributed by atoms with Crippen LogP contribution in [0.4, 0.5) is 5.82 Å². The summed E-state index contributed by atoms with van der Waals surface area (Å²) in [5.41, 5.74) is 3.51. The fraction of sp³-hybridized carbons (Fsp3) is 0.452. The van der Waals surface area contributed by atoms with Crippen LogP contribution in [0, 0.1) is 11.8 Å². The maximum atomic E-state index is 12.4. The summed E-state index contributed by atoms with van der Waals surface area (Å²) in [6, 6.07) is 9.10. The van der Waals surface area contributed by atoms with Crippen LogP contribution < -0.4 is 5.32 Å². The molecule has 1 amide bonds. The topological polar surface area (TPSA) is 82.8 Å². The number of allylic oxidation sites excluding steroid dienone is 3. The van der Waals surface area contributed by atoms with Crippen LogP contribution in [0.2, 0.25) is 0 Å². The third-order valence-corrected chi connectivity index (χ3v) is 7.55. The minimum atomic E-state index is 0.192. The molecule has 0 spiro atoms. The first-order valence-corrected chi connectivity index (χ1v) is 14.7. The van der Waals surface area contributed by atoms with Crippen molar-refractivity contribution < 1.29 is 9.90 Å². The number of para-hydroxylation sites is 1. The Morgan fingerprint density at radius 3 is 2.59 bits per heavy atom.